The van der Waals surface area contributed by atoms with Gasteiger partial charge in [-0.1, -0.05) is 12.1 Å². The average molecular weight is 398 g/mol. The first-order valence-corrected chi connectivity index (χ1v) is 10.4. The number of carbonyl (C=O) groups is 1. The molecule has 0 radical (unpaired) electrons. The summed E-state index contributed by atoms with van der Waals surface area (Å²) in [4.78, 5) is 18.2. The Labute approximate surface area is 174 Å². The minimum absolute atomic E-state index is 0.0471. The summed E-state index contributed by atoms with van der Waals surface area (Å²) in [6.07, 6.45) is 0. The van der Waals surface area contributed by atoms with Crippen LogP contribution in [0.15, 0.2) is 48.5 Å². The Morgan fingerprint density at radius 1 is 1.07 bits per heavy atom. The summed E-state index contributed by atoms with van der Waals surface area (Å²) in [7, 11) is 4.08. The molecule has 0 bridgehead atoms. The number of rotatable bonds is 8. The van der Waals surface area contributed by atoms with Crippen LogP contribution in [-0.4, -0.2) is 59.4 Å². The van der Waals surface area contributed by atoms with Crippen LogP contribution in [0.3, 0.4) is 0 Å². The van der Waals surface area contributed by atoms with Gasteiger partial charge in [-0.2, -0.15) is 0 Å². The smallest absolute Gasteiger partial charge is 0.279 e. The lowest BCUT2D eigenvalue weighted by Gasteiger charge is -2.28. The van der Waals surface area contributed by atoms with Crippen LogP contribution in [0.2, 0.25) is 0 Å². The molecule has 1 saturated heterocycles. The molecule has 1 unspecified atom stereocenters. The summed E-state index contributed by atoms with van der Waals surface area (Å²) >= 11 is 0. The van der Waals surface area contributed by atoms with Gasteiger partial charge in [-0.05, 0) is 43.3 Å². The van der Waals surface area contributed by atoms with E-state index < -0.39 is 0 Å². The highest BCUT2D eigenvalue weighted by Crippen LogP contribution is 2.19. The van der Waals surface area contributed by atoms with Crippen molar-refractivity contribution in [1.29, 1.82) is 0 Å². The highest BCUT2D eigenvalue weighted by atomic mass is 16.5. The zero-order valence-electron chi connectivity index (χ0n) is 17.8. The minimum atomic E-state index is 0.0471. The maximum Gasteiger partial charge on any atom is 0.279 e. The molecule has 0 spiro atoms. The van der Waals surface area contributed by atoms with Crippen molar-refractivity contribution >= 4 is 23.0 Å². The van der Waals surface area contributed by atoms with E-state index >= 15 is 0 Å². The molecule has 0 aromatic heterocycles. The van der Waals surface area contributed by atoms with Crippen molar-refractivity contribution in [1.82, 2.24) is 0 Å². The number of nitrogens with zero attached hydrogens (tertiary/aromatic N) is 2. The molecule has 29 heavy (non-hydrogen) atoms. The molecule has 0 aliphatic carbocycles. The molecular weight excluding hydrogens is 364 g/mol. The lowest BCUT2D eigenvalue weighted by Crippen LogP contribution is -3.11. The van der Waals surface area contributed by atoms with Crippen molar-refractivity contribution < 1.29 is 14.4 Å². The Balaban J connectivity index is 1.51. The molecule has 3 rings (SSSR count). The Bertz CT molecular complexity index is 768. The largest absolute Gasteiger partial charge is 0.378 e. The number of hydrogen-bond donors (Lipinski definition) is 2. The molecule has 1 atom stereocenters. The van der Waals surface area contributed by atoms with Gasteiger partial charge in [0.15, 0.2) is 6.54 Å². The summed E-state index contributed by atoms with van der Waals surface area (Å²) in [6, 6.07) is 16.6. The predicted octanol–water partition coefficient (Wildman–Crippen LogP) is 1.63. The number of anilines is 3. The van der Waals surface area contributed by atoms with E-state index in [1.54, 1.807) is 0 Å². The minimum Gasteiger partial charge on any atom is -0.378 e. The fourth-order valence-electron chi connectivity index (χ4n) is 3.52. The molecule has 6 heteroatoms. The fourth-order valence-corrected chi connectivity index (χ4v) is 3.52. The molecule has 156 valence electrons. The standard InChI is InChI=1S/C23H32N4O2/c1-4-26(17-19-5-9-21(10-6-19)25(2)3)18-23(28)24-20-7-11-22(12-8-20)27-13-15-29-16-14-27/h5-12H,4,13-18H2,1-3H3,(H,24,28)/p+1. The second kappa shape index (κ2) is 10.3. The van der Waals surface area contributed by atoms with Crippen LogP contribution in [0.5, 0.6) is 0 Å². The van der Waals surface area contributed by atoms with Gasteiger partial charge >= 0.3 is 0 Å². The number of ether oxygens (including phenoxy) is 1. The van der Waals surface area contributed by atoms with E-state index in [2.05, 4.69) is 58.4 Å². The molecule has 1 heterocycles. The van der Waals surface area contributed by atoms with Gasteiger partial charge in [0, 0.05) is 49.8 Å². The lowest BCUT2D eigenvalue weighted by molar-refractivity contribution is -0.903. The van der Waals surface area contributed by atoms with Crippen LogP contribution in [-0.2, 0) is 16.1 Å². The monoisotopic (exact) mass is 397 g/mol. The first-order chi connectivity index (χ1) is 14.0. The van der Waals surface area contributed by atoms with Crippen molar-refractivity contribution in [3.8, 4) is 0 Å². The molecule has 1 aliphatic rings. The zero-order valence-corrected chi connectivity index (χ0v) is 17.8. The van der Waals surface area contributed by atoms with Crippen molar-refractivity contribution in [2.75, 3.05) is 68.6 Å². The molecule has 1 aliphatic heterocycles. The van der Waals surface area contributed by atoms with Gasteiger partial charge in [-0.15, -0.1) is 0 Å². The summed E-state index contributed by atoms with van der Waals surface area (Å²) in [6.45, 7) is 7.68. The van der Waals surface area contributed by atoms with Gasteiger partial charge in [-0.3, -0.25) is 4.79 Å². The maximum atomic E-state index is 12.5. The molecular formula is C23H33N4O2+. The number of hydrogen-bond acceptors (Lipinski definition) is 4. The third-order valence-electron chi connectivity index (χ3n) is 5.34. The maximum absolute atomic E-state index is 12.5. The third kappa shape index (κ3) is 6.21. The highest BCUT2D eigenvalue weighted by Gasteiger charge is 2.15. The van der Waals surface area contributed by atoms with Crippen molar-refractivity contribution in [2.24, 2.45) is 0 Å². The Morgan fingerprint density at radius 3 is 2.31 bits per heavy atom. The average Bonchev–Trinajstić information content (AvgIpc) is 2.74. The predicted molar refractivity (Wildman–Crippen MR) is 119 cm³/mol. The van der Waals surface area contributed by atoms with Crippen LogP contribution in [0, 0.1) is 0 Å². The van der Waals surface area contributed by atoms with Crippen molar-refractivity contribution in [3.63, 3.8) is 0 Å². The quantitative estimate of drug-likeness (QED) is 0.711. The summed E-state index contributed by atoms with van der Waals surface area (Å²) in [5, 5.41) is 3.04. The summed E-state index contributed by atoms with van der Waals surface area (Å²) in [5.74, 6) is 0.0471. The topological polar surface area (TPSA) is 49.3 Å². The van der Waals surface area contributed by atoms with Crippen LogP contribution < -0.4 is 20.0 Å². The first-order valence-electron chi connectivity index (χ1n) is 10.4. The second-order valence-electron chi connectivity index (χ2n) is 7.71. The van der Waals surface area contributed by atoms with Gasteiger partial charge in [0.05, 0.1) is 19.8 Å². The van der Waals surface area contributed by atoms with E-state index in [9.17, 15) is 4.79 Å². The number of amides is 1. The highest BCUT2D eigenvalue weighted by molar-refractivity contribution is 5.91. The van der Waals surface area contributed by atoms with Gasteiger partial charge < -0.3 is 24.8 Å². The third-order valence-corrected chi connectivity index (χ3v) is 5.34. The second-order valence-corrected chi connectivity index (χ2v) is 7.71. The molecule has 2 aromatic rings. The molecule has 2 aromatic carbocycles. The molecule has 6 nitrogen and oxygen atoms in total. The van der Waals surface area contributed by atoms with E-state index in [4.69, 9.17) is 4.74 Å². The molecule has 1 amide bonds. The van der Waals surface area contributed by atoms with Crippen molar-refractivity contribution in [3.05, 3.63) is 54.1 Å². The van der Waals surface area contributed by atoms with Gasteiger partial charge in [0.25, 0.3) is 5.91 Å². The van der Waals surface area contributed by atoms with Crippen molar-refractivity contribution in [2.45, 2.75) is 13.5 Å². The van der Waals surface area contributed by atoms with E-state index in [0.717, 1.165) is 45.1 Å². The van der Waals surface area contributed by atoms with Gasteiger partial charge in [-0.25, -0.2) is 0 Å². The number of quaternary nitrogens is 1. The van der Waals surface area contributed by atoms with E-state index in [1.807, 2.05) is 26.2 Å². The molecule has 2 N–H and O–H groups in total. The number of benzene rings is 2. The Hall–Kier alpha value is -2.57. The van der Waals surface area contributed by atoms with Gasteiger partial charge in [0.2, 0.25) is 0 Å². The molecule has 0 saturated carbocycles. The zero-order chi connectivity index (χ0) is 20.6. The van der Waals surface area contributed by atoms with Crippen LogP contribution in [0.25, 0.3) is 0 Å². The van der Waals surface area contributed by atoms with E-state index in [1.165, 1.54) is 21.8 Å². The van der Waals surface area contributed by atoms with E-state index in [0.29, 0.717) is 6.54 Å². The van der Waals surface area contributed by atoms with Crippen LogP contribution in [0.4, 0.5) is 17.1 Å². The normalized spacial score (nSPS) is 15.1. The van der Waals surface area contributed by atoms with Crippen LogP contribution >= 0.6 is 0 Å². The Morgan fingerprint density at radius 2 is 1.72 bits per heavy atom. The van der Waals surface area contributed by atoms with Gasteiger partial charge in [0.1, 0.15) is 6.54 Å². The number of likely N-dealkylation sites (N-methyl/N-ethyl adjacent to an activating group) is 1. The first kappa shape index (κ1) is 21.1. The lowest BCUT2D eigenvalue weighted by atomic mass is 10.2. The molecule has 1 fully saturated rings. The summed E-state index contributed by atoms with van der Waals surface area (Å²) in [5.41, 5.74) is 4.45. The van der Waals surface area contributed by atoms with E-state index in [-0.39, 0.29) is 5.91 Å². The number of carbonyl (C=O) groups excluding carboxylic acids is 1. The SMILES string of the molecule is CC[NH+](CC(=O)Nc1ccc(N2CCOCC2)cc1)Cc1ccc(N(C)C)cc1. The number of nitrogens with one attached hydrogen (secondary N) is 2. The fraction of sp³-hybridized carbons (Fsp3) is 0.435. The summed E-state index contributed by atoms with van der Waals surface area (Å²) < 4.78 is 5.40. The van der Waals surface area contributed by atoms with Crippen LogP contribution in [0.1, 0.15) is 12.5 Å². The Kier molecular flexibility index (Phi) is 7.49. The number of morpholine rings is 1.